The monoisotopic (exact) mass is 376 g/mol. The molecule has 27 heavy (non-hydrogen) atoms. The minimum Gasteiger partial charge on any atom is -0.454 e. The number of nitrogens with zero attached hydrogens (tertiary/aromatic N) is 3. The highest BCUT2D eigenvalue weighted by molar-refractivity contribution is 5.73. The standard InChI is InChI=1S/C17H17FN4O5/c1-11(23)20-17-10-21(6-7-26-17)16-9-13(4-5-19-16)27-15-3-2-12(22(24)25)8-14(15)18/h2-5,8-9,17H,6-7,10H2,1H3,(H,20,23). The van der Waals surface area contributed by atoms with Gasteiger partial charge in [0, 0.05) is 31.8 Å². The van der Waals surface area contributed by atoms with Crippen molar-refractivity contribution in [2.75, 3.05) is 24.6 Å². The van der Waals surface area contributed by atoms with Crippen LogP contribution in [0.25, 0.3) is 0 Å². The molecule has 0 saturated carbocycles. The predicted molar refractivity (Wildman–Crippen MR) is 93.1 cm³/mol. The van der Waals surface area contributed by atoms with Gasteiger partial charge < -0.3 is 19.7 Å². The Bertz CT molecular complexity index is 863. The molecule has 1 saturated heterocycles. The van der Waals surface area contributed by atoms with Crippen molar-refractivity contribution in [1.82, 2.24) is 10.3 Å². The number of nitro benzene ring substituents is 1. The number of anilines is 1. The number of non-ortho nitro benzene ring substituents is 1. The van der Waals surface area contributed by atoms with E-state index in [9.17, 15) is 19.3 Å². The first-order valence-corrected chi connectivity index (χ1v) is 8.14. The first-order valence-electron chi connectivity index (χ1n) is 8.14. The number of hydrogen-bond donors (Lipinski definition) is 1. The number of rotatable bonds is 5. The second-order valence-corrected chi connectivity index (χ2v) is 5.83. The molecular weight excluding hydrogens is 359 g/mol. The largest absolute Gasteiger partial charge is 0.454 e. The number of pyridine rings is 1. The van der Waals surface area contributed by atoms with Gasteiger partial charge in [0.1, 0.15) is 17.8 Å². The summed E-state index contributed by atoms with van der Waals surface area (Å²) >= 11 is 0. The predicted octanol–water partition coefficient (Wildman–Crippen LogP) is 2.22. The molecule has 0 bridgehead atoms. The molecule has 1 amide bonds. The van der Waals surface area contributed by atoms with Gasteiger partial charge in [-0.15, -0.1) is 0 Å². The molecule has 1 unspecified atom stereocenters. The third kappa shape index (κ3) is 4.67. The SMILES string of the molecule is CC(=O)NC1CN(c2cc(Oc3ccc([N+](=O)[O-])cc3F)ccn2)CCO1. The van der Waals surface area contributed by atoms with E-state index in [-0.39, 0.29) is 17.3 Å². The van der Waals surface area contributed by atoms with Crippen LogP contribution in [0, 0.1) is 15.9 Å². The number of nitrogens with one attached hydrogen (secondary N) is 1. The van der Waals surface area contributed by atoms with Crippen LogP contribution in [0.4, 0.5) is 15.9 Å². The van der Waals surface area contributed by atoms with E-state index >= 15 is 0 Å². The maximum absolute atomic E-state index is 14.0. The van der Waals surface area contributed by atoms with E-state index in [1.54, 1.807) is 12.1 Å². The number of morpholine rings is 1. The molecule has 3 rings (SSSR count). The minimum absolute atomic E-state index is 0.129. The highest BCUT2D eigenvalue weighted by Gasteiger charge is 2.22. The number of benzene rings is 1. The molecule has 1 fully saturated rings. The zero-order valence-corrected chi connectivity index (χ0v) is 14.4. The Morgan fingerprint density at radius 1 is 1.44 bits per heavy atom. The van der Waals surface area contributed by atoms with Crippen LogP contribution >= 0.6 is 0 Å². The lowest BCUT2D eigenvalue weighted by molar-refractivity contribution is -0.385. The number of aromatic nitrogens is 1. The summed E-state index contributed by atoms with van der Waals surface area (Å²) in [6.45, 7) is 2.79. The molecule has 142 valence electrons. The van der Waals surface area contributed by atoms with Gasteiger partial charge in [0.15, 0.2) is 11.6 Å². The van der Waals surface area contributed by atoms with Crippen molar-refractivity contribution in [3.63, 3.8) is 0 Å². The van der Waals surface area contributed by atoms with Crippen molar-refractivity contribution in [1.29, 1.82) is 0 Å². The van der Waals surface area contributed by atoms with Crippen LogP contribution in [0.1, 0.15) is 6.92 Å². The molecule has 1 atom stereocenters. The summed E-state index contributed by atoms with van der Waals surface area (Å²) in [4.78, 5) is 27.4. The van der Waals surface area contributed by atoms with E-state index in [0.29, 0.717) is 31.3 Å². The average molecular weight is 376 g/mol. The van der Waals surface area contributed by atoms with E-state index in [2.05, 4.69) is 10.3 Å². The lowest BCUT2D eigenvalue weighted by Gasteiger charge is -2.33. The van der Waals surface area contributed by atoms with Crippen molar-refractivity contribution >= 4 is 17.4 Å². The molecule has 9 nitrogen and oxygen atoms in total. The summed E-state index contributed by atoms with van der Waals surface area (Å²) in [6.07, 6.45) is 1.06. The number of carbonyl (C=O) groups excluding carboxylic acids is 1. The Kier molecular flexibility index (Phi) is 5.46. The van der Waals surface area contributed by atoms with Crippen molar-refractivity contribution in [2.24, 2.45) is 0 Å². The summed E-state index contributed by atoms with van der Waals surface area (Å²) in [5, 5.41) is 13.4. The Morgan fingerprint density at radius 3 is 2.96 bits per heavy atom. The van der Waals surface area contributed by atoms with Gasteiger partial charge in [0.2, 0.25) is 5.91 Å². The van der Waals surface area contributed by atoms with Crippen molar-refractivity contribution < 1.29 is 23.6 Å². The van der Waals surface area contributed by atoms with Gasteiger partial charge in [-0.25, -0.2) is 9.37 Å². The van der Waals surface area contributed by atoms with Crippen molar-refractivity contribution in [3.05, 3.63) is 52.5 Å². The van der Waals surface area contributed by atoms with Crippen LogP contribution in [0.3, 0.4) is 0 Å². The van der Waals surface area contributed by atoms with Gasteiger partial charge in [-0.05, 0) is 12.1 Å². The topological polar surface area (TPSA) is 107 Å². The quantitative estimate of drug-likeness (QED) is 0.630. The van der Waals surface area contributed by atoms with Crippen molar-refractivity contribution in [3.8, 4) is 11.5 Å². The van der Waals surface area contributed by atoms with Gasteiger partial charge in [-0.3, -0.25) is 14.9 Å². The maximum Gasteiger partial charge on any atom is 0.272 e. The molecular formula is C17H17FN4O5. The summed E-state index contributed by atoms with van der Waals surface area (Å²) in [5.41, 5.74) is -0.354. The second-order valence-electron chi connectivity index (χ2n) is 5.83. The van der Waals surface area contributed by atoms with Gasteiger partial charge >= 0.3 is 0 Å². The number of amides is 1. The zero-order chi connectivity index (χ0) is 19.4. The highest BCUT2D eigenvalue weighted by atomic mass is 19.1. The van der Waals surface area contributed by atoms with E-state index in [1.165, 1.54) is 25.3 Å². The smallest absolute Gasteiger partial charge is 0.272 e. The van der Waals surface area contributed by atoms with Crippen molar-refractivity contribution in [2.45, 2.75) is 13.2 Å². The first kappa shape index (κ1) is 18.5. The van der Waals surface area contributed by atoms with E-state index in [1.807, 2.05) is 4.90 Å². The molecule has 0 spiro atoms. The molecule has 1 aromatic heterocycles. The van der Waals surface area contributed by atoms with E-state index < -0.39 is 17.0 Å². The van der Waals surface area contributed by atoms with Crippen LogP contribution in [-0.4, -0.2) is 41.7 Å². The Labute approximate surface area is 153 Å². The van der Waals surface area contributed by atoms with E-state index in [0.717, 1.165) is 6.07 Å². The molecule has 0 radical (unpaired) electrons. The summed E-state index contributed by atoms with van der Waals surface area (Å²) in [7, 11) is 0. The zero-order valence-electron chi connectivity index (χ0n) is 14.4. The van der Waals surface area contributed by atoms with Crippen LogP contribution in [-0.2, 0) is 9.53 Å². The van der Waals surface area contributed by atoms with Gasteiger partial charge in [0.25, 0.3) is 5.69 Å². The summed E-state index contributed by atoms with van der Waals surface area (Å²) in [5.74, 6) is -0.250. The number of nitro groups is 1. The molecule has 1 aliphatic rings. The number of halogens is 1. The highest BCUT2D eigenvalue weighted by Crippen LogP contribution is 2.29. The first-order chi connectivity index (χ1) is 12.9. The maximum atomic E-state index is 14.0. The number of ether oxygens (including phenoxy) is 2. The third-order valence-electron chi connectivity index (χ3n) is 3.83. The normalized spacial score (nSPS) is 16.7. The third-order valence-corrected chi connectivity index (χ3v) is 3.83. The Hall–Kier alpha value is -3.27. The lowest BCUT2D eigenvalue weighted by atomic mass is 10.3. The van der Waals surface area contributed by atoms with Crippen LogP contribution in [0.5, 0.6) is 11.5 Å². The number of hydrogen-bond acceptors (Lipinski definition) is 7. The van der Waals surface area contributed by atoms with Crippen LogP contribution in [0.15, 0.2) is 36.5 Å². The van der Waals surface area contributed by atoms with Crippen LogP contribution < -0.4 is 15.0 Å². The lowest BCUT2D eigenvalue weighted by Crippen LogP contribution is -2.50. The van der Waals surface area contributed by atoms with Crippen LogP contribution in [0.2, 0.25) is 0 Å². The summed E-state index contributed by atoms with van der Waals surface area (Å²) in [6, 6.07) is 6.35. The Balaban J connectivity index is 1.74. The minimum atomic E-state index is -0.834. The fourth-order valence-corrected chi connectivity index (χ4v) is 2.62. The van der Waals surface area contributed by atoms with Gasteiger partial charge in [-0.2, -0.15) is 0 Å². The molecule has 1 aliphatic heterocycles. The number of carbonyl (C=O) groups is 1. The summed E-state index contributed by atoms with van der Waals surface area (Å²) < 4.78 is 25.0. The molecule has 1 aromatic carbocycles. The molecule has 2 aromatic rings. The molecule has 10 heteroatoms. The van der Waals surface area contributed by atoms with Gasteiger partial charge in [0.05, 0.1) is 24.1 Å². The molecule has 2 heterocycles. The fraction of sp³-hybridized carbons (Fsp3) is 0.294. The second kappa shape index (κ2) is 7.96. The average Bonchev–Trinajstić information content (AvgIpc) is 2.63. The molecule has 0 aliphatic carbocycles. The Morgan fingerprint density at radius 2 is 2.26 bits per heavy atom. The molecule has 1 N–H and O–H groups in total. The van der Waals surface area contributed by atoms with Gasteiger partial charge in [-0.1, -0.05) is 0 Å². The van der Waals surface area contributed by atoms with E-state index in [4.69, 9.17) is 9.47 Å². The fourth-order valence-electron chi connectivity index (χ4n) is 2.62.